The van der Waals surface area contributed by atoms with E-state index in [0.29, 0.717) is 35.5 Å². The van der Waals surface area contributed by atoms with E-state index < -0.39 is 5.91 Å². The van der Waals surface area contributed by atoms with Crippen molar-refractivity contribution in [3.05, 3.63) is 101 Å². The number of piperazine rings is 1. The highest BCUT2D eigenvalue weighted by Gasteiger charge is 2.23. The number of hydrogen-bond acceptors (Lipinski definition) is 4. The van der Waals surface area contributed by atoms with Crippen molar-refractivity contribution in [2.75, 3.05) is 31.5 Å². The largest absolute Gasteiger partial charge is 0.366 e. The third-order valence-electron chi connectivity index (χ3n) is 6.07. The van der Waals surface area contributed by atoms with Crippen LogP contribution >= 0.6 is 0 Å². The summed E-state index contributed by atoms with van der Waals surface area (Å²) < 4.78 is 0. The lowest BCUT2D eigenvalue weighted by molar-refractivity contribution is 0.0628. The highest BCUT2D eigenvalue weighted by Crippen LogP contribution is 2.20. The van der Waals surface area contributed by atoms with Crippen molar-refractivity contribution in [1.29, 1.82) is 0 Å². The van der Waals surface area contributed by atoms with E-state index in [4.69, 9.17) is 5.73 Å². The molecular formula is C27H28N4O3. The molecule has 0 atom stereocenters. The van der Waals surface area contributed by atoms with Gasteiger partial charge in [-0.25, -0.2) is 0 Å². The summed E-state index contributed by atoms with van der Waals surface area (Å²) >= 11 is 0. The monoisotopic (exact) mass is 456 g/mol. The maximum atomic E-state index is 13.1. The van der Waals surface area contributed by atoms with Crippen LogP contribution in [0.4, 0.5) is 5.69 Å². The average molecular weight is 457 g/mol. The van der Waals surface area contributed by atoms with Crippen LogP contribution < -0.4 is 11.1 Å². The molecule has 3 aromatic rings. The lowest BCUT2D eigenvalue weighted by Gasteiger charge is -2.35. The van der Waals surface area contributed by atoms with Gasteiger partial charge in [0.25, 0.3) is 11.8 Å². The van der Waals surface area contributed by atoms with Gasteiger partial charge in [-0.1, -0.05) is 36.4 Å². The van der Waals surface area contributed by atoms with Crippen LogP contribution in [-0.4, -0.2) is 53.7 Å². The second-order valence-corrected chi connectivity index (χ2v) is 8.48. The van der Waals surface area contributed by atoms with Crippen LogP contribution in [0.2, 0.25) is 0 Å². The quantitative estimate of drug-likeness (QED) is 0.595. The van der Waals surface area contributed by atoms with E-state index in [-0.39, 0.29) is 11.8 Å². The number of hydrogen-bond donors (Lipinski definition) is 2. The predicted molar refractivity (Wildman–Crippen MR) is 132 cm³/mol. The van der Waals surface area contributed by atoms with Crippen LogP contribution in [0.15, 0.2) is 72.8 Å². The first-order valence-corrected chi connectivity index (χ1v) is 11.3. The SMILES string of the molecule is Cc1ccc(C(=O)N2CCN(Cc3ccc(C(N)=O)cc3)CC2)cc1NC(=O)c1ccccc1. The Labute approximate surface area is 199 Å². The molecular weight excluding hydrogens is 428 g/mol. The number of primary amides is 1. The van der Waals surface area contributed by atoms with E-state index in [1.807, 2.05) is 54.3 Å². The Morgan fingerprint density at radius 3 is 2.12 bits per heavy atom. The highest BCUT2D eigenvalue weighted by atomic mass is 16.2. The summed E-state index contributed by atoms with van der Waals surface area (Å²) in [6.07, 6.45) is 0. The fourth-order valence-electron chi connectivity index (χ4n) is 4.00. The number of anilines is 1. The summed E-state index contributed by atoms with van der Waals surface area (Å²) in [7, 11) is 0. The van der Waals surface area contributed by atoms with Crippen LogP contribution in [0.5, 0.6) is 0 Å². The molecule has 174 valence electrons. The topological polar surface area (TPSA) is 95.7 Å². The molecule has 1 fully saturated rings. The fourth-order valence-corrected chi connectivity index (χ4v) is 4.00. The van der Waals surface area contributed by atoms with Crippen molar-refractivity contribution in [3.8, 4) is 0 Å². The molecule has 3 N–H and O–H groups in total. The summed E-state index contributed by atoms with van der Waals surface area (Å²) in [5, 5.41) is 2.92. The summed E-state index contributed by atoms with van der Waals surface area (Å²) in [4.78, 5) is 41.0. The van der Waals surface area contributed by atoms with E-state index in [0.717, 1.165) is 30.8 Å². The molecule has 3 aromatic carbocycles. The van der Waals surface area contributed by atoms with E-state index in [1.165, 1.54) is 0 Å². The molecule has 0 saturated carbocycles. The first-order chi connectivity index (χ1) is 16.4. The zero-order valence-electron chi connectivity index (χ0n) is 19.2. The Morgan fingerprint density at radius 2 is 1.47 bits per heavy atom. The number of carbonyl (C=O) groups excluding carboxylic acids is 3. The van der Waals surface area contributed by atoms with E-state index in [1.54, 1.807) is 30.3 Å². The van der Waals surface area contributed by atoms with Crippen molar-refractivity contribution in [2.45, 2.75) is 13.5 Å². The fraction of sp³-hybridized carbons (Fsp3) is 0.222. The van der Waals surface area contributed by atoms with Gasteiger partial charge < -0.3 is 16.0 Å². The van der Waals surface area contributed by atoms with Crippen molar-refractivity contribution >= 4 is 23.4 Å². The molecule has 0 bridgehead atoms. The predicted octanol–water partition coefficient (Wildman–Crippen LogP) is 3.30. The van der Waals surface area contributed by atoms with Gasteiger partial charge in [0.2, 0.25) is 5.91 Å². The van der Waals surface area contributed by atoms with Gasteiger partial charge in [-0.3, -0.25) is 19.3 Å². The van der Waals surface area contributed by atoms with Gasteiger partial charge in [-0.2, -0.15) is 0 Å². The number of carbonyl (C=O) groups is 3. The standard InChI is InChI=1S/C27H28N4O3/c1-19-7-10-23(17-24(19)29-26(33)22-5-3-2-4-6-22)27(34)31-15-13-30(14-16-31)18-20-8-11-21(12-9-20)25(28)32/h2-12,17H,13-16,18H2,1H3,(H2,28,32)(H,29,33). The number of benzene rings is 3. The first-order valence-electron chi connectivity index (χ1n) is 11.3. The van der Waals surface area contributed by atoms with Crippen molar-refractivity contribution in [3.63, 3.8) is 0 Å². The first kappa shape index (κ1) is 23.2. The van der Waals surface area contributed by atoms with Crippen LogP contribution in [0.3, 0.4) is 0 Å². The molecule has 0 aliphatic carbocycles. The second kappa shape index (κ2) is 10.3. The Kier molecular flexibility index (Phi) is 7.04. The normalized spacial score (nSPS) is 14.0. The van der Waals surface area contributed by atoms with Crippen LogP contribution in [0.1, 0.15) is 42.2 Å². The maximum Gasteiger partial charge on any atom is 0.255 e. The summed E-state index contributed by atoms with van der Waals surface area (Å²) in [6.45, 7) is 5.42. The summed E-state index contributed by atoms with van der Waals surface area (Å²) in [5.74, 6) is -0.677. The third kappa shape index (κ3) is 5.50. The summed E-state index contributed by atoms with van der Waals surface area (Å²) in [5.41, 5.74) is 9.56. The van der Waals surface area contributed by atoms with Gasteiger partial charge in [-0.15, -0.1) is 0 Å². The Morgan fingerprint density at radius 1 is 0.824 bits per heavy atom. The molecule has 0 aromatic heterocycles. The van der Waals surface area contributed by atoms with Crippen molar-refractivity contribution in [1.82, 2.24) is 9.80 Å². The Balaban J connectivity index is 1.36. The highest BCUT2D eigenvalue weighted by molar-refractivity contribution is 6.05. The zero-order valence-corrected chi connectivity index (χ0v) is 19.2. The van der Waals surface area contributed by atoms with Gasteiger partial charge in [-0.05, 0) is 54.4 Å². The van der Waals surface area contributed by atoms with Crippen LogP contribution in [-0.2, 0) is 6.54 Å². The lowest BCUT2D eigenvalue weighted by atomic mass is 10.1. The van der Waals surface area contributed by atoms with Gasteiger partial charge in [0, 0.05) is 55.1 Å². The number of rotatable bonds is 6. The minimum Gasteiger partial charge on any atom is -0.366 e. The lowest BCUT2D eigenvalue weighted by Crippen LogP contribution is -2.48. The molecule has 1 saturated heterocycles. The maximum absolute atomic E-state index is 13.1. The molecule has 7 nitrogen and oxygen atoms in total. The molecule has 7 heteroatoms. The minimum atomic E-state index is -0.433. The van der Waals surface area contributed by atoms with Gasteiger partial charge in [0.05, 0.1) is 0 Å². The zero-order chi connectivity index (χ0) is 24.1. The molecule has 0 radical (unpaired) electrons. The number of nitrogens with two attached hydrogens (primary N) is 1. The molecule has 34 heavy (non-hydrogen) atoms. The number of aryl methyl sites for hydroxylation is 1. The van der Waals surface area contributed by atoms with E-state index in [9.17, 15) is 14.4 Å². The number of amides is 3. The smallest absolute Gasteiger partial charge is 0.255 e. The summed E-state index contributed by atoms with van der Waals surface area (Å²) in [6, 6.07) is 21.7. The van der Waals surface area contributed by atoms with Crippen LogP contribution in [0.25, 0.3) is 0 Å². The molecule has 0 spiro atoms. The molecule has 1 heterocycles. The number of nitrogens with one attached hydrogen (secondary N) is 1. The van der Waals surface area contributed by atoms with Gasteiger partial charge in [0.15, 0.2) is 0 Å². The molecule has 4 rings (SSSR count). The van der Waals surface area contributed by atoms with Crippen molar-refractivity contribution in [2.24, 2.45) is 5.73 Å². The van der Waals surface area contributed by atoms with Gasteiger partial charge in [0.1, 0.15) is 0 Å². The minimum absolute atomic E-state index is 0.0410. The molecule has 3 amide bonds. The van der Waals surface area contributed by atoms with Gasteiger partial charge >= 0.3 is 0 Å². The van der Waals surface area contributed by atoms with Crippen molar-refractivity contribution < 1.29 is 14.4 Å². The van der Waals surface area contributed by atoms with E-state index >= 15 is 0 Å². The molecule has 0 unspecified atom stereocenters. The average Bonchev–Trinajstić information content (AvgIpc) is 2.86. The third-order valence-corrected chi connectivity index (χ3v) is 6.07. The molecule has 1 aliphatic rings. The number of nitrogens with zero attached hydrogens (tertiary/aromatic N) is 2. The van der Waals surface area contributed by atoms with Crippen LogP contribution in [0, 0.1) is 6.92 Å². The second-order valence-electron chi connectivity index (χ2n) is 8.48. The molecule has 1 aliphatic heterocycles. The van der Waals surface area contributed by atoms with E-state index in [2.05, 4.69) is 10.2 Å². The Bertz CT molecular complexity index is 1180. The Hall–Kier alpha value is -3.97.